The molecule has 2 aromatic carbocycles. The van der Waals surface area contributed by atoms with E-state index in [1.807, 2.05) is 60.7 Å². The number of para-hydroxylation sites is 2. The van der Waals surface area contributed by atoms with Crippen LogP contribution in [0.1, 0.15) is 19.8 Å². The second-order valence-electron chi connectivity index (χ2n) is 5.60. The first kappa shape index (κ1) is 18.7. The lowest BCUT2D eigenvalue weighted by molar-refractivity contribution is -0.129. The molecule has 0 aliphatic rings. The molecular weight excluding hydrogens is 316 g/mol. The summed E-state index contributed by atoms with van der Waals surface area (Å²) in [6, 6.07) is 18.8. The molecule has 0 atom stereocenters. The third-order valence-electron chi connectivity index (χ3n) is 3.59. The van der Waals surface area contributed by atoms with Gasteiger partial charge in [-0.2, -0.15) is 0 Å². The Hall–Kier alpha value is -2.66. The molecule has 25 heavy (non-hydrogen) atoms. The normalized spacial score (nSPS) is 10.3. The van der Waals surface area contributed by atoms with Gasteiger partial charge in [-0.25, -0.2) is 0 Å². The van der Waals surface area contributed by atoms with Crippen LogP contribution in [-0.4, -0.2) is 31.6 Å². The zero-order valence-corrected chi connectivity index (χ0v) is 14.5. The van der Waals surface area contributed by atoms with E-state index in [1.54, 1.807) is 4.90 Å². The summed E-state index contributed by atoms with van der Waals surface area (Å²) in [4.78, 5) is 25.9. The lowest BCUT2D eigenvalue weighted by atomic mass is 10.2. The molecule has 0 saturated heterocycles. The van der Waals surface area contributed by atoms with Crippen molar-refractivity contribution in [3.05, 3.63) is 60.7 Å². The van der Waals surface area contributed by atoms with Gasteiger partial charge in [0.25, 0.3) is 5.91 Å². The molecule has 2 aromatic rings. The van der Waals surface area contributed by atoms with Gasteiger partial charge in [-0.15, -0.1) is 0 Å². The van der Waals surface area contributed by atoms with Crippen LogP contribution in [0, 0.1) is 0 Å². The highest BCUT2D eigenvalue weighted by Gasteiger charge is 2.18. The van der Waals surface area contributed by atoms with Crippen LogP contribution >= 0.6 is 0 Å². The van der Waals surface area contributed by atoms with Gasteiger partial charge < -0.3 is 10.1 Å². The van der Waals surface area contributed by atoms with Gasteiger partial charge in [-0.1, -0.05) is 49.7 Å². The number of benzene rings is 2. The summed E-state index contributed by atoms with van der Waals surface area (Å²) in [5, 5.41) is 2.76. The molecule has 132 valence electrons. The smallest absolute Gasteiger partial charge is 0.257 e. The molecule has 5 heteroatoms. The summed E-state index contributed by atoms with van der Waals surface area (Å²) in [7, 11) is 0. The van der Waals surface area contributed by atoms with Crippen LogP contribution in [-0.2, 0) is 14.3 Å². The topological polar surface area (TPSA) is 58.6 Å². The Labute approximate surface area is 148 Å². The Morgan fingerprint density at radius 2 is 1.48 bits per heavy atom. The van der Waals surface area contributed by atoms with E-state index in [9.17, 15) is 9.59 Å². The summed E-state index contributed by atoms with van der Waals surface area (Å²) in [5.74, 6) is -0.425. The fourth-order valence-corrected chi connectivity index (χ4v) is 2.34. The number of hydrogen-bond donors (Lipinski definition) is 1. The van der Waals surface area contributed by atoms with Crippen LogP contribution in [0.5, 0.6) is 0 Å². The summed E-state index contributed by atoms with van der Waals surface area (Å²) < 4.78 is 5.31. The van der Waals surface area contributed by atoms with E-state index in [-0.39, 0.29) is 25.0 Å². The molecule has 0 spiro atoms. The minimum Gasteiger partial charge on any atom is -0.362 e. The van der Waals surface area contributed by atoms with Gasteiger partial charge in [0, 0.05) is 17.9 Å². The Kier molecular flexibility index (Phi) is 7.66. The molecule has 0 saturated carbocycles. The number of anilines is 2. The van der Waals surface area contributed by atoms with E-state index in [4.69, 9.17) is 4.74 Å². The average Bonchev–Trinajstić information content (AvgIpc) is 2.64. The maximum absolute atomic E-state index is 12.7. The molecular formula is C20H24N2O3. The number of unbranched alkanes of at least 4 members (excludes halogenated alkanes) is 1. The van der Waals surface area contributed by atoms with Crippen molar-refractivity contribution in [3.8, 4) is 0 Å². The van der Waals surface area contributed by atoms with Crippen molar-refractivity contribution >= 4 is 23.2 Å². The Balaban J connectivity index is 1.96. The van der Waals surface area contributed by atoms with E-state index < -0.39 is 0 Å². The van der Waals surface area contributed by atoms with Gasteiger partial charge in [0.05, 0.1) is 0 Å². The number of amides is 2. The second kappa shape index (κ2) is 10.3. The van der Waals surface area contributed by atoms with Crippen molar-refractivity contribution in [1.82, 2.24) is 5.32 Å². The third kappa shape index (κ3) is 6.04. The lowest BCUT2D eigenvalue weighted by Gasteiger charge is -2.23. The quantitative estimate of drug-likeness (QED) is 0.713. The Bertz CT molecular complexity index is 620. The summed E-state index contributed by atoms with van der Waals surface area (Å²) in [5.41, 5.74) is 1.52. The van der Waals surface area contributed by atoms with Gasteiger partial charge in [0.1, 0.15) is 13.2 Å². The summed E-state index contributed by atoms with van der Waals surface area (Å²) in [6.45, 7) is 2.41. The van der Waals surface area contributed by atoms with E-state index in [0.717, 1.165) is 24.2 Å². The highest BCUT2D eigenvalue weighted by atomic mass is 16.5. The second-order valence-corrected chi connectivity index (χ2v) is 5.60. The molecule has 2 rings (SSSR count). The fraction of sp³-hybridized carbons (Fsp3) is 0.300. The van der Waals surface area contributed by atoms with Crippen molar-refractivity contribution in [2.45, 2.75) is 19.8 Å². The molecule has 0 aliphatic carbocycles. The maximum atomic E-state index is 12.7. The number of carbonyl (C=O) groups is 2. The van der Waals surface area contributed by atoms with Crippen LogP contribution < -0.4 is 10.2 Å². The van der Waals surface area contributed by atoms with E-state index in [2.05, 4.69) is 12.2 Å². The molecule has 0 aromatic heterocycles. The Morgan fingerprint density at radius 3 is 2.00 bits per heavy atom. The van der Waals surface area contributed by atoms with Gasteiger partial charge in [0.2, 0.25) is 5.91 Å². The Morgan fingerprint density at radius 1 is 0.920 bits per heavy atom. The van der Waals surface area contributed by atoms with Gasteiger partial charge in [-0.05, 0) is 30.7 Å². The predicted molar refractivity (Wildman–Crippen MR) is 98.8 cm³/mol. The average molecular weight is 340 g/mol. The van der Waals surface area contributed by atoms with Crippen molar-refractivity contribution in [3.63, 3.8) is 0 Å². The molecule has 0 bridgehead atoms. The van der Waals surface area contributed by atoms with Crippen LogP contribution in [0.15, 0.2) is 60.7 Å². The van der Waals surface area contributed by atoms with E-state index in [1.165, 1.54) is 0 Å². The number of carbonyl (C=O) groups excluding carboxylic acids is 2. The maximum Gasteiger partial charge on any atom is 0.257 e. The lowest BCUT2D eigenvalue weighted by Crippen LogP contribution is -2.33. The monoisotopic (exact) mass is 340 g/mol. The number of rotatable bonds is 9. The van der Waals surface area contributed by atoms with Crippen molar-refractivity contribution in [2.75, 3.05) is 24.7 Å². The zero-order valence-electron chi connectivity index (χ0n) is 14.5. The number of hydrogen-bond acceptors (Lipinski definition) is 3. The molecule has 0 radical (unpaired) electrons. The highest BCUT2D eigenvalue weighted by molar-refractivity contribution is 6.01. The zero-order chi connectivity index (χ0) is 17.9. The molecule has 0 unspecified atom stereocenters. The van der Waals surface area contributed by atoms with Crippen LogP contribution in [0.2, 0.25) is 0 Å². The fourth-order valence-electron chi connectivity index (χ4n) is 2.34. The molecule has 2 amide bonds. The summed E-state index contributed by atoms with van der Waals surface area (Å²) >= 11 is 0. The highest BCUT2D eigenvalue weighted by Crippen LogP contribution is 2.24. The molecule has 1 N–H and O–H groups in total. The van der Waals surface area contributed by atoms with Crippen LogP contribution in [0.3, 0.4) is 0 Å². The van der Waals surface area contributed by atoms with Crippen LogP contribution in [0.25, 0.3) is 0 Å². The van der Waals surface area contributed by atoms with E-state index >= 15 is 0 Å². The first-order valence-corrected chi connectivity index (χ1v) is 8.50. The van der Waals surface area contributed by atoms with Gasteiger partial charge in [0.15, 0.2) is 0 Å². The van der Waals surface area contributed by atoms with Gasteiger partial charge >= 0.3 is 0 Å². The standard InChI is InChI=1S/C20H24N2O3/c1-2-3-14-21-19(23)15-25-16-20(24)22(17-10-6-4-7-11-17)18-12-8-5-9-13-18/h4-13H,2-3,14-16H2,1H3,(H,21,23). The predicted octanol–water partition coefficient (Wildman–Crippen LogP) is 3.28. The van der Waals surface area contributed by atoms with Gasteiger partial charge in [-0.3, -0.25) is 14.5 Å². The van der Waals surface area contributed by atoms with Crippen molar-refractivity contribution < 1.29 is 14.3 Å². The number of nitrogens with one attached hydrogen (secondary N) is 1. The van der Waals surface area contributed by atoms with Crippen molar-refractivity contribution in [1.29, 1.82) is 0 Å². The SMILES string of the molecule is CCCCNC(=O)COCC(=O)N(c1ccccc1)c1ccccc1. The minimum atomic E-state index is -0.223. The third-order valence-corrected chi connectivity index (χ3v) is 3.59. The molecule has 0 aliphatic heterocycles. The molecule has 5 nitrogen and oxygen atoms in total. The number of ether oxygens (including phenoxy) is 1. The largest absolute Gasteiger partial charge is 0.362 e. The minimum absolute atomic E-state index is 0.118. The summed E-state index contributed by atoms with van der Waals surface area (Å²) in [6.07, 6.45) is 1.95. The van der Waals surface area contributed by atoms with Crippen LogP contribution in [0.4, 0.5) is 11.4 Å². The first-order valence-electron chi connectivity index (χ1n) is 8.50. The number of nitrogens with zero attached hydrogens (tertiary/aromatic N) is 1. The first-order chi connectivity index (χ1) is 12.2. The van der Waals surface area contributed by atoms with Crippen molar-refractivity contribution in [2.24, 2.45) is 0 Å². The molecule has 0 fully saturated rings. The van der Waals surface area contributed by atoms with E-state index in [0.29, 0.717) is 6.54 Å². The molecule has 0 heterocycles.